The van der Waals surface area contributed by atoms with Gasteiger partial charge in [0.15, 0.2) is 5.82 Å². The smallest absolute Gasteiger partial charge is 0.167 e. The van der Waals surface area contributed by atoms with Gasteiger partial charge in [-0.3, -0.25) is 10.00 Å². The van der Waals surface area contributed by atoms with E-state index in [-0.39, 0.29) is 0 Å². The van der Waals surface area contributed by atoms with E-state index in [0.29, 0.717) is 6.04 Å². The third-order valence-electron chi connectivity index (χ3n) is 3.82. The van der Waals surface area contributed by atoms with Crippen molar-refractivity contribution in [2.75, 3.05) is 6.54 Å². The van der Waals surface area contributed by atoms with Gasteiger partial charge < -0.3 is 4.52 Å². The molecule has 1 atom stereocenters. The van der Waals surface area contributed by atoms with Crippen molar-refractivity contribution in [3.63, 3.8) is 0 Å². The Labute approximate surface area is 112 Å². The van der Waals surface area contributed by atoms with E-state index in [1.54, 1.807) is 0 Å². The van der Waals surface area contributed by atoms with Crippen LogP contribution in [0.4, 0.5) is 0 Å². The molecular formula is C13H19N5O. The number of aryl methyl sites for hydroxylation is 3. The van der Waals surface area contributed by atoms with E-state index >= 15 is 0 Å². The summed E-state index contributed by atoms with van der Waals surface area (Å²) in [7, 11) is 0. The highest BCUT2D eigenvalue weighted by Gasteiger charge is 2.30. The SMILES string of the molecule is Cc1nc([C@H]2CCCN2Cc2c(C)noc2C)n[nH]1. The summed E-state index contributed by atoms with van der Waals surface area (Å²) < 4.78 is 5.24. The lowest BCUT2D eigenvalue weighted by Gasteiger charge is -2.21. The molecule has 0 saturated carbocycles. The molecule has 1 N–H and O–H groups in total. The molecule has 6 heteroatoms. The van der Waals surface area contributed by atoms with Crippen LogP contribution in [-0.4, -0.2) is 31.8 Å². The molecular weight excluding hydrogens is 242 g/mol. The zero-order chi connectivity index (χ0) is 13.4. The van der Waals surface area contributed by atoms with Gasteiger partial charge in [0.05, 0.1) is 11.7 Å². The van der Waals surface area contributed by atoms with Crippen LogP contribution in [0.25, 0.3) is 0 Å². The standard InChI is InChI=1S/C13H19N5O/c1-8-11(9(2)19-17-8)7-18-6-4-5-12(18)13-14-10(3)15-16-13/h12H,4-7H2,1-3H3,(H,14,15,16)/t12-/m1/s1. The first kappa shape index (κ1) is 12.3. The van der Waals surface area contributed by atoms with Crippen molar-refractivity contribution in [3.8, 4) is 0 Å². The van der Waals surface area contributed by atoms with Crippen LogP contribution in [0.1, 0.15) is 47.5 Å². The van der Waals surface area contributed by atoms with Crippen LogP contribution in [0.15, 0.2) is 4.52 Å². The Hall–Kier alpha value is -1.69. The lowest BCUT2D eigenvalue weighted by molar-refractivity contribution is 0.238. The molecule has 0 aliphatic carbocycles. The quantitative estimate of drug-likeness (QED) is 0.915. The summed E-state index contributed by atoms with van der Waals surface area (Å²) in [5.41, 5.74) is 2.17. The molecule has 0 unspecified atom stereocenters. The second-order valence-electron chi connectivity index (χ2n) is 5.21. The summed E-state index contributed by atoms with van der Waals surface area (Å²) in [6, 6.07) is 0.304. The van der Waals surface area contributed by atoms with E-state index in [9.17, 15) is 0 Å². The van der Waals surface area contributed by atoms with Crippen molar-refractivity contribution in [2.45, 2.75) is 46.2 Å². The number of H-pyrrole nitrogens is 1. The average Bonchev–Trinajstić information content (AvgIpc) is 3.06. The fraction of sp³-hybridized carbons (Fsp3) is 0.615. The second kappa shape index (κ2) is 4.77. The number of aromatic amines is 1. The minimum Gasteiger partial charge on any atom is -0.361 e. The number of likely N-dealkylation sites (tertiary alicyclic amines) is 1. The largest absolute Gasteiger partial charge is 0.361 e. The number of aromatic nitrogens is 4. The highest BCUT2D eigenvalue weighted by Crippen LogP contribution is 2.32. The van der Waals surface area contributed by atoms with E-state index < -0.39 is 0 Å². The average molecular weight is 261 g/mol. The van der Waals surface area contributed by atoms with Crippen LogP contribution in [0.2, 0.25) is 0 Å². The van der Waals surface area contributed by atoms with Gasteiger partial charge in [-0.2, -0.15) is 5.10 Å². The van der Waals surface area contributed by atoms with Gasteiger partial charge >= 0.3 is 0 Å². The number of rotatable bonds is 3. The van der Waals surface area contributed by atoms with Gasteiger partial charge in [-0.05, 0) is 40.2 Å². The third-order valence-corrected chi connectivity index (χ3v) is 3.82. The molecule has 6 nitrogen and oxygen atoms in total. The van der Waals surface area contributed by atoms with E-state index in [0.717, 1.165) is 42.6 Å². The van der Waals surface area contributed by atoms with Crippen molar-refractivity contribution in [1.29, 1.82) is 0 Å². The highest BCUT2D eigenvalue weighted by molar-refractivity contribution is 5.21. The van der Waals surface area contributed by atoms with Crippen molar-refractivity contribution in [1.82, 2.24) is 25.2 Å². The Morgan fingerprint density at radius 2 is 2.21 bits per heavy atom. The van der Waals surface area contributed by atoms with Gasteiger partial charge in [-0.1, -0.05) is 5.16 Å². The van der Waals surface area contributed by atoms with E-state index in [1.807, 2.05) is 20.8 Å². The third kappa shape index (κ3) is 2.28. The van der Waals surface area contributed by atoms with Gasteiger partial charge in [-0.25, -0.2) is 4.98 Å². The summed E-state index contributed by atoms with van der Waals surface area (Å²) in [4.78, 5) is 6.88. The summed E-state index contributed by atoms with van der Waals surface area (Å²) in [6.45, 7) is 7.83. The number of nitrogens with zero attached hydrogens (tertiary/aromatic N) is 4. The molecule has 0 radical (unpaired) electrons. The number of hydrogen-bond acceptors (Lipinski definition) is 5. The molecule has 1 aliphatic heterocycles. The monoisotopic (exact) mass is 261 g/mol. The molecule has 0 aromatic carbocycles. The van der Waals surface area contributed by atoms with Crippen LogP contribution in [-0.2, 0) is 6.54 Å². The normalized spacial score (nSPS) is 20.3. The molecule has 102 valence electrons. The highest BCUT2D eigenvalue weighted by atomic mass is 16.5. The van der Waals surface area contributed by atoms with Crippen LogP contribution in [0, 0.1) is 20.8 Å². The fourth-order valence-electron chi connectivity index (χ4n) is 2.75. The van der Waals surface area contributed by atoms with Crippen molar-refractivity contribution < 1.29 is 4.52 Å². The Balaban J connectivity index is 1.80. The fourth-order valence-corrected chi connectivity index (χ4v) is 2.75. The molecule has 2 aromatic rings. The van der Waals surface area contributed by atoms with Crippen molar-refractivity contribution >= 4 is 0 Å². The van der Waals surface area contributed by atoms with Crippen molar-refractivity contribution in [3.05, 3.63) is 28.7 Å². The Morgan fingerprint density at radius 3 is 2.84 bits per heavy atom. The van der Waals surface area contributed by atoms with Crippen LogP contribution in [0.5, 0.6) is 0 Å². The van der Waals surface area contributed by atoms with E-state index in [4.69, 9.17) is 4.52 Å². The molecule has 0 bridgehead atoms. The van der Waals surface area contributed by atoms with Gasteiger partial charge in [0, 0.05) is 12.1 Å². The Bertz CT molecular complexity index is 554. The summed E-state index contributed by atoms with van der Waals surface area (Å²) in [6.07, 6.45) is 2.29. The molecule has 0 spiro atoms. The summed E-state index contributed by atoms with van der Waals surface area (Å²) >= 11 is 0. The first-order chi connectivity index (χ1) is 9.15. The lowest BCUT2D eigenvalue weighted by Crippen LogP contribution is -2.24. The van der Waals surface area contributed by atoms with Crippen LogP contribution in [0.3, 0.4) is 0 Å². The predicted octanol–water partition coefficient (Wildman–Crippen LogP) is 2.06. The number of nitrogens with one attached hydrogen (secondary N) is 1. The first-order valence-corrected chi connectivity index (χ1v) is 6.70. The lowest BCUT2D eigenvalue weighted by atomic mass is 10.1. The molecule has 3 heterocycles. The maximum atomic E-state index is 5.24. The van der Waals surface area contributed by atoms with Gasteiger partial charge in [0.1, 0.15) is 11.6 Å². The minimum absolute atomic E-state index is 0.304. The van der Waals surface area contributed by atoms with Crippen LogP contribution < -0.4 is 0 Å². The predicted molar refractivity (Wildman–Crippen MR) is 69.5 cm³/mol. The molecule has 1 fully saturated rings. The number of hydrogen-bond donors (Lipinski definition) is 1. The zero-order valence-electron chi connectivity index (χ0n) is 11.6. The molecule has 0 amide bonds. The molecule has 1 saturated heterocycles. The molecule has 2 aromatic heterocycles. The molecule has 3 rings (SSSR count). The zero-order valence-corrected chi connectivity index (χ0v) is 11.6. The summed E-state index contributed by atoms with van der Waals surface area (Å²) in [5.74, 6) is 2.69. The van der Waals surface area contributed by atoms with Gasteiger partial charge in [0.2, 0.25) is 0 Å². The Kier molecular flexibility index (Phi) is 3.10. The Morgan fingerprint density at radius 1 is 1.37 bits per heavy atom. The minimum atomic E-state index is 0.304. The van der Waals surface area contributed by atoms with Crippen molar-refractivity contribution in [2.24, 2.45) is 0 Å². The first-order valence-electron chi connectivity index (χ1n) is 6.70. The van der Waals surface area contributed by atoms with E-state index in [2.05, 4.69) is 25.2 Å². The molecule has 1 aliphatic rings. The molecule has 19 heavy (non-hydrogen) atoms. The van der Waals surface area contributed by atoms with Gasteiger partial charge in [0.25, 0.3) is 0 Å². The van der Waals surface area contributed by atoms with Gasteiger partial charge in [-0.15, -0.1) is 0 Å². The topological polar surface area (TPSA) is 70.8 Å². The van der Waals surface area contributed by atoms with Crippen LogP contribution >= 0.6 is 0 Å². The summed E-state index contributed by atoms with van der Waals surface area (Å²) in [5, 5.41) is 11.3. The maximum Gasteiger partial charge on any atom is 0.167 e. The van der Waals surface area contributed by atoms with E-state index in [1.165, 1.54) is 12.0 Å². The maximum absolute atomic E-state index is 5.24. The second-order valence-corrected chi connectivity index (χ2v) is 5.21.